The zero-order valence-corrected chi connectivity index (χ0v) is 23.8. The Labute approximate surface area is 239 Å². The Bertz CT molecular complexity index is 1840. The first-order chi connectivity index (χ1) is 19.7. The molecular weight excluding hydrogens is 509 g/mol. The predicted octanol–water partition coefficient (Wildman–Crippen LogP) is 7.38. The molecule has 0 radical (unpaired) electrons. The standard InChI is InChI=1S/C34H30BN3O3/c1-21-16-18-27-29(25-20-24(17-19-26(25)39-27)35-40-33(2,3)34(4,5)41-35)28(21)32-37-30(22-12-8-6-9-13-22)36-31(38-32)23-14-10-7-11-15-23/h6-20H,1-5H3. The molecule has 0 aliphatic carbocycles. The molecule has 1 aliphatic heterocycles. The van der Waals surface area contributed by atoms with Crippen LogP contribution in [0.15, 0.2) is 95.4 Å². The Morgan fingerprint density at radius 1 is 0.610 bits per heavy atom. The monoisotopic (exact) mass is 539 g/mol. The number of furan rings is 1. The minimum atomic E-state index is -0.478. The number of aromatic nitrogens is 3. The zero-order chi connectivity index (χ0) is 28.4. The molecule has 1 saturated heterocycles. The molecule has 41 heavy (non-hydrogen) atoms. The topological polar surface area (TPSA) is 70.3 Å². The van der Waals surface area contributed by atoms with Crippen molar-refractivity contribution in [3.63, 3.8) is 0 Å². The molecule has 0 spiro atoms. The first-order valence-corrected chi connectivity index (χ1v) is 13.9. The van der Waals surface area contributed by atoms with E-state index in [1.807, 2.05) is 78.9 Å². The Balaban J connectivity index is 1.46. The van der Waals surface area contributed by atoms with Gasteiger partial charge in [-0.3, -0.25) is 0 Å². The quantitative estimate of drug-likeness (QED) is 0.218. The number of nitrogens with zero attached hydrogens (tertiary/aromatic N) is 3. The van der Waals surface area contributed by atoms with E-state index in [0.29, 0.717) is 17.5 Å². The van der Waals surface area contributed by atoms with E-state index >= 15 is 0 Å². The summed E-state index contributed by atoms with van der Waals surface area (Å²) >= 11 is 0. The van der Waals surface area contributed by atoms with E-state index in [-0.39, 0.29) is 0 Å². The molecule has 4 aromatic carbocycles. The molecule has 0 saturated carbocycles. The average molecular weight is 539 g/mol. The lowest BCUT2D eigenvalue weighted by atomic mass is 9.78. The van der Waals surface area contributed by atoms with Crippen molar-refractivity contribution in [1.29, 1.82) is 0 Å². The van der Waals surface area contributed by atoms with Gasteiger partial charge in [-0.25, -0.2) is 15.0 Å². The minimum Gasteiger partial charge on any atom is -0.456 e. The third-order valence-corrected chi connectivity index (χ3v) is 8.32. The van der Waals surface area contributed by atoms with Gasteiger partial charge in [0.05, 0.1) is 11.2 Å². The SMILES string of the molecule is Cc1ccc2oc3ccc(B4OC(C)(C)C(C)(C)O4)cc3c2c1-c1nc(-c2ccccc2)nc(-c2ccccc2)n1. The second kappa shape index (κ2) is 9.37. The van der Waals surface area contributed by atoms with Crippen LogP contribution < -0.4 is 5.46 Å². The van der Waals surface area contributed by atoms with E-state index in [1.165, 1.54) is 0 Å². The molecule has 2 aromatic heterocycles. The third-order valence-electron chi connectivity index (χ3n) is 8.32. The van der Waals surface area contributed by atoms with E-state index < -0.39 is 18.3 Å². The second-order valence-electron chi connectivity index (χ2n) is 11.6. The molecule has 6 nitrogen and oxygen atoms in total. The highest BCUT2D eigenvalue weighted by molar-refractivity contribution is 6.62. The van der Waals surface area contributed by atoms with E-state index in [1.54, 1.807) is 0 Å². The number of hydrogen-bond acceptors (Lipinski definition) is 6. The molecule has 0 N–H and O–H groups in total. The lowest BCUT2D eigenvalue weighted by Gasteiger charge is -2.32. The Morgan fingerprint density at radius 3 is 1.73 bits per heavy atom. The second-order valence-corrected chi connectivity index (χ2v) is 11.6. The summed E-state index contributed by atoms with van der Waals surface area (Å²) in [6.07, 6.45) is 0. The zero-order valence-electron chi connectivity index (χ0n) is 23.8. The van der Waals surface area contributed by atoms with Crippen molar-refractivity contribution >= 4 is 34.5 Å². The molecular formula is C34H30BN3O3. The summed E-state index contributed by atoms with van der Waals surface area (Å²) in [5.41, 5.74) is 5.46. The fourth-order valence-corrected chi connectivity index (χ4v) is 5.32. The molecule has 7 rings (SSSR count). The molecule has 0 unspecified atom stereocenters. The Kier molecular flexibility index (Phi) is 5.85. The van der Waals surface area contributed by atoms with Gasteiger partial charge in [-0.05, 0) is 57.8 Å². The van der Waals surface area contributed by atoms with Gasteiger partial charge < -0.3 is 13.7 Å². The maximum absolute atomic E-state index is 6.37. The first kappa shape index (κ1) is 25.6. The van der Waals surface area contributed by atoms with Crippen molar-refractivity contribution in [3.8, 4) is 34.2 Å². The summed E-state index contributed by atoms with van der Waals surface area (Å²) in [5.74, 6) is 1.85. The highest BCUT2D eigenvalue weighted by atomic mass is 16.7. The lowest BCUT2D eigenvalue weighted by molar-refractivity contribution is 0.00578. The highest BCUT2D eigenvalue weighted by Gasteiger charge is 2.51. The number of rotatable bonds is 4. The summed E-state index contributed by atoms with van der Waals surface area (Å²) in [6.45, 7) is 10.3. The largest absolute Gasteiger partial charge is 0.494 e. The number of aryl methyl sites for hydroxylation is 1. The van der Waals surface area contributed by atoms with Crippen molar-refractivity contribution in [2.75, 3.05) is 0 Å². The Morgan fingerprint density at radius 2 is 1.15 bits per heavy atom. The molecule has 7 heteroatoms. The number of fused-ring (bicyclic) bond motifs is 3. The van der Waals surface area contributed by atoms with E-state index in [2.05, 4.69) is 46.8 Å². The average Bonchev–Trinajstić information content (AvgIpc) is 3.45. The maximum Gasteiger partial charge on any atom is 0.494 e. The van der Waals surface area contributed by atoms with E-state index in [9.17, 15) is 0 Å². The van der Waals surface area contributed by atoms with Crippen LogP contribution in [0.3, 0.4) is 0 Å². The molecule has 6 aromatic rings. The number of benzene rings is 4. The summed E-state index contributed by atoms with van der Waals surface area (Å²) in [7, 11) is -0.478. The van der Waals surface area contributed by atoms with Crippen molar-refractivity contribution < 1.29 is 13.7 Å². The van der Waals surface area contributed by atoms with Gasteiger partial charge in [-0.15, -0.1) is 0 Å². The predicted molar refractivity (Wildman–Crippen MR) is 164 cm³/mol. The molecule has 0 amide bonds. The van der Waals surface area contributed by atoms with Crippen LogP contribution in [0, 0.1) is 6.92 Å². The van der Waals surface area contributed by atoms with Crippen LogP contribution in [0.25, 0.3) is 56.1 Å². The lowest BCUT2D eigenvalue weighted by Crippen LogP contribution is -2.41. The van der Waals surface area contributed by atoms with Gasteiger partial charge in [0.15, 0.2) is 17.5 Å². The van der Waals surface area contributed by atoms with Crippen LogP contribution in [0.2, 0.25) is 0 Å². The molecule has 1 aliphatic rings. The van der Waals surface area contributed by atoms with Crippen LogP contribution in [0.5, 0.6) is 0 Å². The fourth-order valence-electron chi connectivity index (χ4n) is 5.32. The normalized spacial score (nSPS) is 16.1. The summed E-state index contributed by atoms with van der Waals surface area (Å²) in [5, 5.41) is 1.93. The van der Waals surface area contributed by atoms with Gasteiger partial charge in [0.2, 0.25) is 0 Å². The summed E-state index contributed by atoms with van der Waals surface area (Å²) in [6, 6.07) is 30.2. The van der Waals surface area contributed by atoms with E-state index in [0.717, 1.165) is 49.7 Å². The van der Waals surface area contributed by atoms with Crippen LogP contribution in [0.4, 0.5) is 0 Å². The van der Waals surface area contributed by atoms with Crippen molar-refractivity contribution in [3.05, 3.63) is 96.6 Å². The van der Waals surface area contributed by atoms with Crippen LogP contribution in [-0.4, -0.2) is 33.3 Å². The van der Waals surface area contributed by atoms with Crippen LogP contribution in [-0.2, 0) is 9.31 Å². The molecule has 202 valence electrons. The Hall–Kier alpha value is -4.33. The summed E-state index contributed by atoms with van der Waals surface area (Å²) < 4.78 is 19.1. The van der Waals surface area contributed by atoms with Gasteiger partial charge in [0.25, 0.3) is 0 Å². The maximum atomic E-state index is 6.37. The molecule has 0 bridgehead atoms. The summed E-state index contributed by atoms with van der Waals surface area (Å²) in [4.78, 5) is 14.9. The van der Waals surface area contributed by atoms with Crippen LogP contribution >= 0.6 is 0 Å². The fraction of sp³-hybridized carbons (Fsp3) is 0.206. The number of hydrogen-bond donors (Lipinski definition) is 0. The van der Waals surface area contributed by atoms with Crippen molar-refractivity contribution in [2.45, 2.75) is 45.8 Å². The van der Waals surface area contributed by atoms with E-state index in [4.69, 9.17) is 28.7 Å². The van der Waals surface area contributed by atoms with Gasteiger partial charge in [0, 0.05) is 27.5 Å². The van der Waals surface area contributed by atoms with Gasteiger partial charge in [0.1, 0.15) is 11.2 Å². The minimum absolute atomic E-state index is 0.431. The highest BCUT2D eigenvalue weighted by Crippen LogP contribution is 2.40. The molecule has 3 heterocycles. The van der Waals surface area contributed by atoms with Crippen molar-refractivity contribution in [2.24, 2.45) is 0 Å². The van der Waals surface area contributed by atoms with Gasteiger partial charge in [-0.2, -0.15) is 0 Å². The van der Waals surface area contributed by atoms with Crippen molar-refractivity contribution in [1.82, 2.24) is 15.0 Å². The van der Waals surface area contributed by atoms with Gasteiger partial charge in [-0.1, -0.05) is 78.9 Å². The third kappa shape index (κ3) is 4.33. The first-order valence-electron chi connectivity index (χ1n) is 13.9. The molecule has 0 atom stereocenters. The molecule has 1 fully saturated rings. The smallest absolute Gasteiger partial charge is 0.456 e. The van der Waals surface area contributed by atoms with Crippen LogP contribution in [0.1, 0.15) is 33.3 Å². The van der Waals surface area contributed by atoms with Gasteiger partial charge >= 0.3 is 7.12 Å².